The second kappa shape index (κ2) is 6.90. The first kappa shape index (κ1) is 16.5. The van der Waals surface area contributed by atoms with E-state index >= 15 is 0 Å². The van der Waals surface area contributed by atoms with Gasteiger partial charge in [0.1, 0.15) is 0 Å². The van der Waals surface area contributed by atoms with Crippen molar-refractivity contribution in [2.75, 3.05) is 19.6 Å². The summed E-state index contributed by atoms with van der Waals surface area (Å²) in [5.74, 6) is 0. The van der Waals surface area contributed by atoms with Crippen molar-refractivity contribution in [3.63, 3.8) is 0 Å². The Morgan fingerprint density at radius 3 is 2.67 bits per heavy atom. The van der Waals surface area contributed by atoms with Crippen LogP contribution in [0.3, 0.4) is 0 Å². The minimum Gasteiger partial charge on any atom is -0.299 e. The Morgan fingerprint density at radius 2 is 2.00 bits per heavy atom. The van der Waals surface area contributed by atoms with E-state index in [1.807, 2.05) is 19.9 Å². The van der Waals surface area contributed by atoms with Crippen LogP contribution in [0.25, 0.3) is 0 Å². The maximum Gasteiger partial charge on any atom is 0.240 e. The zero-order valence-electron chi connectivity index (χ0n) is 13.2. The van der Waals surface area contributed by atoms with Crippen LogP contribution in [-0.4, -0.2) is 39.0 Å². The van der Waals surface area contributed by atoms with Crippen molar-refractivity contribution >= 4 is 10.0 Å². The minimum absolute atomic E-state index is 0.359. The fraction of sp³-hybridized carbons (Fsp3) is 0.625. The van der Waals surface area contributed by atoms with Gasteiger partial charge in [-0.25, -0.2) is 13.1 Å². The van der Waals surface area contributed by atoms with Crippen LogP contribution in [0.1, 0.15) is 37.3 Å². The van der Waals surface area contributed by atoms with E-state index in [1.165, 1.54) is 19.3 Å². The number of sulfonamides is 1. The van der Waals surface area contributed by atoms with Crippen LogP contribution in [0.15, 0.2) is 23.1 Å². The molecule has 0 saturated carbocycles. The highest BCUT2D eigenvalue weighted by atomic mass is 32.2. The van der Waals surface area contributed by atoms with E-state index in [-0.39, 0.29) is 0 Å². The van der Waals surface area contributed by atoms with Gasteiger partial charge >= 0.3 is 0 Å². The number of likely N-dealkylation sites (tertiary alicyclic amines) is 1. The van der Waals surface area contributed by atoms with E-state index in [0.29, 0.717) is 17.5 Å². The predicted molar refractivity (Wildman–Crippen MR) is 86.0 cm³/mol. The highest BCUT2D eigenvalue weighted by molar-refractivity contribution is 7.89. The Kier molecular flexibility index (Phi) is 5.41. The van der Waals surface area contributed by atoms with E-state index < -0.39 is 10.0 Å². The maximum absolute atomic E-state index is 12.3. The molecule has 0 aliphatic carbocycles. The minimum atomic E-state index is -3.39. The third kappa shape index (κ3) is 4.28. The number of nitrogens with one attached hydrogen (secondary N) is 1. The quantitative estimate of drug-likeness (QED) is 0.909. The van der Waals surface area contributed by atoms with Crippen LogP contribution in [-0.2, 0) is 10.0 Å². The standard InChI is InChI=1S/C16H26N2O2S/c1-13-7-8-16(12-14(13)2)21(19,20)17-9-11-18-10-5-4-6-15(18)3/h7-8,12,15,17H,4-6,9-11H2,1-3H3. The van der Waals surface area contributed by atoms with Crippen LogP contribution in [0.2, 0.25) is 0 Å². The summed E-state index contributed by atoms with van der Waals surface area (Å²) >= 11 is 0. The average molecular weight is 310 g/mol. The van der Waals surface area contributed by atoms with Crippen molar-refractivity contribution < 1.29 is 8.42 Å². The van der Waals surface area contributed by atoms with Gasteiger partial charge < -0.3 is 0 Å². The van der Waals surface area contributed by atoms with E-state index in [4.69, 9.17) is 0 Å². The molecule has 1 atom stereocenters. The van der Waals surface area contributed by atoms with Gasteiger partial charge in [-0.15, -0.1) is 0 Å². The van der Waals surface area contributed by atoms with Gasteiger partial charge in [-0.3, -0.25) is 4.90 Å². The zero-order valence-corrected chi connectivity index (χ0v) is 14.0. The molecule has 0 spiro atoms. The largest absolute Gasteiger partial charge is 0.299 e. The van der Waals surface area contributed by atoms with Gasteiger partial charge in [-0.05, 0) is 63.4 Å². The molecule has 2 rings (SSSR count). The van der Waals surface area contributed by atoms with Crippen molar-refractivity contribution in [2.24, 2.45) is 0 Å². The van der Waals surface area contributed by atoms with Gasteiger partial charge in [0.15, 0.2) is 0 Å². The lowest BCUT2D eigenvalue weighted by Crippen LogP contribution is -2.42. The smallest absolute Gasteiger partial charge is 0.240 e. The molecule has 21 heavy (non-hydrogen) atoms. The van der Waals surface area contributed by atoms with Crippen molar-refractivity contribution in [3.8, 4) is 0 Å². The van der Waals surface area contributed by atoms with Gasteiger partial charge in [0.2, 0.25) is 10.0 Å². The second-order valence-electron chi connectivity index (χ2n) is 6.02. The average Bonchev–Trinajstić information content (AvgIpc) is 2.44. The number of piperidine rings is 1. The molecule has 1 aromatic carbocycles. The van der Waals surface area contributed by atoms with E-state index in [2.05, 4.69) is 16.5 Å². The van der Waals surface area contributed by atoms with Crippen LogP contribution in [0.5, 0.6) is 0 Å². The van der Waals surface area contributed by atoms with E-state index in [1.54, 1.807) is 12.1 Å². The molecule has 1 aliphatic heterocycles. The SMILES string of the molecule is Cc1ccc(S(=O)(=O)NCCN2CCCCC2C)cc1C. The number of nitrogens with zero attached hydrogens (tertiary/aromatic N) is 1. The normalized spacial score (nSPS) is 20.6. The Labute approximate surface area is 128 Å². The summed E-state index contributed by atoms with van der Waals surface area (Å²) in [5, 5.41) is 0. The molecule has 1 fully saturated rings. The Balaban J connectivity index is 1.93. The lowest BCUT2D eigenvalue weighted by Gasteiger charge is -2.33. The highest BCUT2D eigenvalue weighted by Gasteiger charge is 2.19. The zero-order chi connectivity index (χ0) is 15.5. The van der Waals surface area contributed by atoms with Crippen LogP contribution < -0.4 is 4.72 Å². The number of rotatable bonds is 5. The number of benzene rings is 1. The summed E-state index contributed by atoms with van der Waals surface area (Å²) in [6.07, 6.45) is 3.71. The molecule has 1 saturated heterocycles. The van der Waals surface area contributed by atoms with Crippen molar-refractivity contribution in [3.05, 3.63) is 29.3 Å². The molecule has 5 heteroatoms. The molecule has 1 unspecified atom stereocenters. The Bertz CT molecular complexity index is 584. The maximum atomic E-state index is 12.3. The molecule has 1 aliphatic rings. The molecule has 1 heterocycles. The monoisotopic (exact) mass is 310 g/mol. The summed E-state index contributed by atoms with van der Waals surface area (Å²) in [5.41, 5.74) is 2.11. The third-order valence-electron chi connectivity index (χ3n) is 4.42. The first-order valence-corrected chi connectivity index (χ1v) is 9.19. The number of hydrogen-bond acceptors (Lipinski definition) is 3. The predicted octanol–water partition coefficient (Wildman–Crippen LogP) is 2.46. The van der Waals surface area contributed by atoms with Gasteiger partial charge in [0.05, 0.1) is 4.90 Å². The topological polar surface area (TPSA) is 49.4 Å². The molecule has 0 bridgehead atoms. The molecular weight excluding hydrogens is 284 g/mol. The van der Waals surface area contributed by atoms with E-state index in [9.17, 15) is 8.42 Å². The molecule has 118 valence electrons. The van der Waals surface area contributed by atoms with Crippen molar-refractivity contribution in [2.45, 2.75) is 51.0 Å². The summed E-state index contributed by atoms with van der Waals surface area (Å²) in [7, 11) is -3.39. The first-order valence-electron chi connectivity index (χ1n) is 7.71. The fourth-order valence-electron chi connectivity index (χ4n) is 2.78. The van der Waals surface area contributed by atoms with Gasteiger partial charge in [-0.2, -0.15) is 0 Å². The summed E-state index contributed by atoms with van der Waals surface area (Å²) in [6.45, 7) is 8.47. The summed E-state index contributed by atoms with van der Waals surface area (Å²) in [6, 6.07) is 5.83. The van der Waals surface area contributed by atoms with Gasteiger partial charge in [0.25, 0.3) is 0 Å². The number of aryl methyl sites for hydroxylation is 2. The number of hydrogen-bond donors (Lipinski definition) is 1. The molecule has 0 aromatic heterocycles. The lowest BCUT2D eigenvalue weighted by atomic mass is 10.0. The highest BCUT2D eigenvalue weighted by Crippen LogP contribution is 2.16. The second-order valence-corrected chi connectivity index (χ2v) is 7.79. The molecule has 1 aromatic rings. The molecular formula is C16H26N2O2S. The lowest BCUT2D eigenvalue weighted by molar-refractivity contribution is 0.164. The summed E-state index contributed by atoms with van der Waals surface area (Å²) in [4.78, 5) is 2.73. The molecule has 0 radical (unpaired) electrons. The molecule has 0 amide bonds. The van der Waals surface area contributed by atoms with E-state index in [0.717, 1.165) is 24.2 Å². The van der Waals surface area contributed by atoms with Crippen LogP contribution in [0, 0.1) is 13.8 Å². The van der Waals surface area contributed by atoms with Gasteiger partial charge in [0, 0.05) is 19.1 Å². The van der Waals surface area contributed by atoms with Crippen molar-refractivity contribution in [1.29, 1.82) is 0 Å². The van der Waals surface area contributed by atoms with Crippen LogP contribution >= 0.6 is 0 Å². The summed E-state index contributed by atoms with van der Waals surface area (Å²) < 4.78 is 27.3. The Morgan fingerprint density at radius 1 is 1.24 bits per heavy atom. The third-order valence-corrected chi connectivity index (χ3v) is 5.88. The molecule has 4 nitrogen and oxygen atoms in total. The first-order chi connectivity index (χ1) is 9.90. The molecule has 1 N–H and O–H groups in total. The van der Waals surface area contributed by atoms with Crippen molar-refractivity contribution in [1.82, 2.24) is 9.62 Å². The Hall–Kier alpha value is -0.910. The van der Waals surface area contributed by atoms with Gasteiger partial charge in [-0.1, -0.05) is 12.5 Å². The fourth-order valence-corrected chi connectivity index (χ4v) is 3.88. The van der Waals surface area contributed by atoms with Crippen LogP contribution in [0.4, 0.5) is 0 Å².